The summed E-state index contributed by atoms with van der Waals surface area (Å²) >= 11 is 0. The van der Waals surface area contributed by atoms with Crippen molar-refractivity contribution >= 4 is 0 Å². The quantitative estimate of drug-likeness (QED) is 0.839. The Morgan fingerprint density at radius 3 is 1.89 bits per heavy atom. The number of aliphatic hydroxyl groups excluding tert-OH is 1. The zero-order chi connectivity index (χ0) is 13.0. The van der Waals surface area contributed by atoms with Crippen LogP contribution in [0.15, 0.2) is 24.3 Å². The van der Waals surface area contributed by atoms with Crippen molar-refractivity contribution in [3.05, 3.63) is 35.4 Å². The van der Waals surface area contributed by atoms with Gasteiger partial charge in [-0.15, -0.1) is 0 Å². The molecule has 4 bridgehead atoms. The van der Waals surface area contributed by atoms with Crippen molar-refractivity contribution in [1.29, 1.82) is 0 Å². The van der Waals surface area contributed by atoms with Gasteiger partial charge in [0.15, 0.2) is 0 Å². The third kappa shape index (κ3) is 1.86. The van der Waals surface area contributed by atoms with Gasteiger partial charge < -0.3 is 5.11 Å². The van der Waals surface area contributed by atoms with Crippen LogP contribution in [0.4, 0.5) is 0 Å². The monoisotopic (exact) mass is 256 g/mol. The molecule has 1 N–H and O–H groups in total. The predicted octanol–water partition coefficient (Wildman–Crippen LogP) is 4.24. The predicted molar refractivity (Wildman–Crippen MR) is 76.7 cm³/mol. The van der Waals surface area contributed by atoms with Crippen LogP contribution < -0.4 is 0 Å². The molecular formula is C18H24O. The molecule has 1 aromatic carbocycles. The fourth-order valence-corrected chi connectivity index (χ4v) is 5.61. The number of aryl methyl sites for hydroxylation is 1. The van der Waals surface area contributed by atoms with Crippen molar-refractivity contribution < 1.29 is 5.11 Å². The molecule has 4 aliphatic rings. The average Bonchev–Trinajstić information content (AvgIpc) is 2.37. The fourth-order valence-electron chi connectivity index (χ4n) is 5.61. The van der Waals surface area contributed by atoms with E-state index in [1.54, 1.807) is 0 Å². The van der Waals surface area contributed by atoms with Crippen LogP contribution in [0.3, 0.4) is 0 Å². The first-order chi connectivity index (χ1) is 9.14. The van der Waals surface area contributed by atoms with Gasteiger partial charge in [-0.05, 0) is 68.8 Å². The summed E-state index contributed by atoms with van der Waals surface area (Å²) in [6.45, 7) is 2.11. The lowest BCUT2D eigenvalue weighted by Crippen LogP contribution is -2.48. The summed E-state index contributed by atoms with van der Waals surface area (Å²) in [5, 5.41) is 11.0. The number of hydrogen-bond acceptors (Lipinski definition) is 1. The normalized spacial score (nSPS) is 41.5. The summed E-state index contributed by atoms with van der Waals surface area (Å²) in [7, 11) is 0. The maximum Gasteiger partial charge on any atom is 0.0846 e. The van der Waals surface area contributed by atoms with Crippen LogP contribution in [0, 0.1) is 30.1 Å². The molecule has 0 heterocycles. The molecule has 102 valence electrons. The first-order valence-electron chi connectivity index (χ1n) is 7.89. The van der Waals surface area contributed by atoms with Crippen LogP contribution >= 0.6 is 0 Å². The Morgan fingerprint density at radius 2 is 1.42 bits per heavy atom. The van der Waals surface area contributed by atoms with Crippen molar-refractivity contribution in [2.75, 3.05) is 0 Å². The summed E-state index contributed by atoms with van der Waals surface area (Å²) in [5.41, 5.74) is 2.64. The molecular weight excluding hydrogens is 232 g/mol. The van der Waals surface area contributed by atoms with E-state index >= 15 is 0 Å². The minimum Gasteiger partial charge on any atom is -0.388 e. The SMILES string of the molecule is Cc1ccc(C(O)C23CC4CC(CC(C4)C2)C3)cc1. The molecule has 0 aromatic heterocycles. The molecule has 19 heavy (non-hydrogen) atoms. The summed E-state index contributed by atoms with van der Waals surface area (Å²) in [5.74, 6) is 2.73. The Bertz CT molecular complexity index is 438. The molecule has 1 nitrogen and oxygen atoms in total. The van der Waals surface area contributed by atoms with Gasteiger partial charge in [0.2, 0.25) is 0 Å². The molecule has 0 aliphatic heterocycles. The van der Waals surface area contributed by atoms with Crippen LogP contribution in [0.5, 0.6) is 0 Å². The van der Waals surface area contributed by atoms with Gasteiger partial charge in [-0.2, -0.15) is 0 Å². The minimum atomic E-state index is -0.235. The Balaban J connectivity index is 1.65. The largest absolute Gasteiger partial charge is 0.388 e. The lowest BCUT2D eigenvalue weighted by molar-refractivity contribution is -0.122. The molecule has 4 fully saturated rings. The van der Waals surface area contributed by atoms with Crippen LogP contribution in [0.25, 0.3) is 0 Å². The smallest absolute Gasteiger partial charge is 0.0846 e. The molecule has 4 aliphatic carbocycles. The first kappa shape index (κ1) is 12.0. The van der Waals surface area contributed by atoms with Gasteiger partial charge in [0.1, 0.15) is 0 Å². The Hall–Kier alpha value is -0.820. The van der Waals surface area contributed by atoms with E-state index in [0.717, 1.165) is 23.3 Å². The zero-order valence-corrected chi connectivity index (χ0v) is 11.8. The van der Waals surface area contributed by atoms with Gasteiger partial charge in [0.05, 0.1) is 6.10 Å². The lowest BCUT2D eigenvalue weighted by atomic mass is 9.47. The Morgan fingerprint density at radius 1 is 0.947 bits per heavy atom. The summed E-state index contributed by atoms with van der Waals surface area (Å²) in [6, 6.07) is 8.55. The highest BCUT2D eigenvalue weighted by atomic mass is 16.3. The van der Waals surface area contributed by atoms with E-state index in [9.17, 15) is 5.11 Å². The second-order valence-electron chi connectivity index (χ2n) is 7.59. The van der Waals surface area contributed by atoms with Gasteiger partial charge in [0.25, 0.3) is 0 Å². The number of aliphatic hydroxyl groups is 1. The van der Waals surface area contributed by atoms with E-state index in [2.05, 4.69) is 31.2 Å². The third-order valence-corrected chi connectivity index (χ3v) is 6.06. The minimum absolute atomic E-state index is 0.212. The van der Waals surface area contributed by atoms with Crippen molar-refractivity contribution in [3.63, 3.8) is 0 Å². The van der Waals surface area contributed by atoms with Crippen LogP contribution in [-0.4, -0.2) is 5.11 Å². The fraction of sp³-hybridized carbons (Fsp3) is 0.667. The third-order valence-electron chi connectivity index (χ3n) is 6.06. The Kier molecular flexibility index (Phi) is 2.57. The van der Waals surface area contributed by atoms with Crippen LogP contribution in [0.1, 0.15) is 55.8 Å². The molecule has 1 atom stereocenters. The molecule has 1 aromatic rings. The molecule has 0 amide bonds. The second kappa shape index (κ2) is 4.09. The first-order valence-corrected chi connectivity index (χ1v) is 7.89. The van der Waals surface area contributed by atoms with Crippen molar-refractivity contribution in [1.82, 2.24) is 0 Å². The maximum atomic E-state index is 11.0. The standard InChI is InChI=1S/C18H24O/c1-12-2-4-16(5-3-12)17(19)18-9-13-6-14(10-18)8-15(7-13)11-18/h2-5,13-15,17,19H,6-11H2,1H3. The van der Waals surface area contributed by atoms with Crippen molar-refractivity contribution in [3.8, 4) is 0 Å². The van der Waals surface area contributed by atoms with Crippen molar-refractivity contribution in [2.24, 2.45) is 23.2 Å². The van der Waals surface area contributed by atoms with Crippen LogP contribution in [-0.2, 0) is 0 Å². The molecule has 5 rings (SSSR count). The van der Waals surface area contributed by atoms with Gasteiger partial charge >= 0.3 is 0 Å². The van der Waals surface area contributed by atoms with Crippen molar-refractivity contribution in [2.45, 2.75) is 51.6 Å². The van der Waals surface area contributed by atoms with Gasteiger partial charge in [-0.3, -0.25) is 0 Å². The molecule has 0 radical (unpaired) electrons. The van der Waals surface area contributed by atoms with E-state index in [1.165, 1.54) is 44.1 Å². The zero-order valence-electron chi connectivity index (χ0n) is 11.8. The molecule has 0 spiro atoms. The van der Waals surface area contributed by atoms with Gasteiger partial charge in [0, 0.05) is 5.41 Å². The van der Waals surface area contributed by atoms with Gasteiger partial charge in [-0.25, -0.2) is 0 Å². The topological polar surface area (TPSA) is 20.2 Å². The highest BCUT2D eigenvalue weighted by Gasteiger charge is 2.54. The van der Waals surface area contributed by atoms with E-state index in [1.807, 2.05) is 0 Å². The Labute approximate surface area is 116 Å². The van der Waals surface area contributed by atoms with E-state index < -0.39 is 0 Å². The molecule has 0 saturated heterocycles. The lowest BCUT2D eigenvalue weighted by Gasteiger charge is -2.58. The number of benzene rings is 1. The molecule has 1 unspecified atom stereocenters. The molecule has 4 saturated carbocycles. The average molecular weight is 256 g/mol. The van der Waals surface area contributed by atoms with Gasteiger partial charge in [-0.1, -0.05) is 29.8 Å². The van der Waals surface area contributed by atoms with Crippen LogP contribution in [0.2, 0.25) is 0 Å². The summed E-state index contributed by atoms with van der Waals surface area (Å²) in [6.07, 6.45) is 7.91. The highest BCUT2D eigenvalue weighted by molar-refractivity contribution is 5.25. The van der Waals surface area contributed by atoms with E-state index in [4.69, 9.17) is 0 Å². The highest BCUT2D eigenvalue weighted by Crippen LogP contribution is 2.63. The number of rotatable bonds is 2. The van der Waals surface area contributed by atoms with E-state index in [0.29, 0.717) is 0 Å². The molecule has 1 heteroatoms. The maximum absolute atomic E-state index is 11.0. The number of hydrogen-bond donors (Lipinski definition) is 1. The second-order valence-corrected chi connectivity index (χ2v) is 7.59. The van der Waals surface area contributed by atoms with E-state index in [-0.39, 0.29) is 11.5 Å². The summed E-state index contributed by atoms with van der Waals surface area (Å²) in [4.78, 5) is 0. The summed E-state index contributed by atoms with van der Waals surface area (Å²) < 4.78 is 0.